The highest BCUT2D eigenvalue weighted by molar-refractivity contribution is 5.11. The normalized spacial score (nSPS) is 15.6. The summed E-state index contributed by atoms with van der Waals surface area (Å²) in [6.45, 7) is 4.19. The average molecular weight is 210 g/mol. The monoisotopic (exact) mass is 210 g/mol. The van der Waals surface area contributed by atoms with E-state index in [4.69, 9.17) is 5.73 Å². The first-order chi connectivity index (χ1) is 6.99. The Morgan fingerprint density at radius 2 is 2.13 bits per heavy atom. The standard InChI is InChI=1S/C12H22N2O/c1-9(2)6-12(15)11(13)7-10-4-5-14(3)8-10/h4-5,8-9,11-12,15H,6-7,13H2,1-3H3. The van der Waals surface area contributed by atoms with Crippen LogP contribution in [0.5, 0.6) is 0 Å². The Bertz CT molecular complexity index is 294. The van der Waals surface area contributed by atoms with Gasteiger partial charge in [0, 0.05) is 25.5 Å². The number of hydrogen-bond acceptors (Lipinski definition) is 2. The van der Waals surface area contributed by atoms with Crippen molar-refractivity contribution in [1.82, 2.24) is 4.57 Å². The smallest absolute Gasteiger partial charge is 0.0696 e. The SMILES string of the molecule is CC(C)CC(O)C(N)Cc1ccn(C)c1. The van der Waals surface area contributed by atoms with Gasteiger partial charge in [-0.1, -0.05) is 13.8 Å². The van der Waals surface area contributed by atoms with Gasteiger partial charge >= 0.3 is 0 Å². The van der Waals surface area contributed by atoms with E-state index in [0.29, 0.717) is 5.92 Å². The highest BCUT2D eigenvalue weighted by Gasteiger charge is 2.16. The highest BCUT2D eigenvalue weighted by atomic mass is 16.3. The highest BCUT2D eigenvalue weighted by Crippen LogP contribution is 2.11. The van der Waals surface area contributed by atoms with Gasteiger partial charge in [-0.3, -0.25) is 0 Å². The number of aliphatic hydroxyl groups excluding tert-OH is 1. The molecular formula is C12H22N2O. The van der Waals surface area contributed by atoms with Crippen LogP contribution in [-0.4, -0.2) is 21.8 Å². The van der Waals surface area contributed by atoms with E-state index in [1.54, 1.807) is 0 Å². The lowest BCUT2D eigenvalue weighted by Gasteiger charge is -2.19. The first-order valence-electron chi connectivity index (χ1n) is 5.53. The van der Waals surface area contributed by atoms with Crippen molar-refractivity contribution in [3.8, 4) is 0 Å². The predicted octanol–water partition coefficient (Wildman–Crippen LogP) is 1.30. The molecular weight excluding hydrogens is 188 g/mol. The molecule has 0 saturated heterocycles. The zero-order chi connectivity index (χ0) is 11.4. The van der Waals surface area contributed by atoms with E-state index >= 15 is 0 Å². The molecule has 3 N–H and O–H groups in total. The molecule has 3 nitrogen and oxygen atoms in total. The van der Waals surface area contributed by atoms with Crippen LogP contribution in [0.25, 0.3) is 0 Å². The molecule has 0 radical (unpaired) electrons. The second-order valence-electron chi connectivity index (χ2n) is 4.75. The van der Waals surface area contributed by atoms with E-state index in [0.717, 1.165) is 12.8 Å². The molecule has 3 heteroatoms. The van der Waals surface area contributed by atoms with Crippen molar-refractivity contribution in [1.29, 1.82) is 0 Å². The number of aryl methyl sites for hydroxylation is 1. The number of nitrogens with two attached hydrogens (primary N) is 1. The van der Waals surface area contributed by atoms with Gasteiger partial charge in [0.1, 0.15) is 0 Å². The molecule has 0 aliphatic heterocycles. The van der Waals surface area contributed by atoms with Crippen LogP contribution in [0, 0.1) is 5.92 Å². The molecule has 1 heterocycles. The summed E-state index contributed by atoms with van der Waals surface area (Å²) >= 11 is 0. The van der Waals surface area contributed by atoms with Crippen LogP contribution < -0.4 is 5.73 Å². The first-order valence-corrected chi connectivity index (χ1v) is 5.53. The summed E-state index contributed by atoms with van der Waals surface area (Å²) in [5.74, 6) is 0.488. The predicted molar refractivity (Wildman–Crippen MR) is 62.6 cm³/mol. The molecule has 0 bridgehead atoms. The molecule has 1 rings (SSSR count). The summed E-state index contributed by atoms with van der Waals surface area (Å²) in [5.41, 5.74) is 7.14. The molecule has 2 atom stereocenters. The Labute approximate surface area is 91.9 Å². The Kier molecular flexibility index (Phi) is 4.36. The summed E-state index contributed by atoms with van der Waals surface area (Å²) in [5, 5.41) is 9.82. The van der Waals surface area contributed by atoms with Crippen molar-refractivity contribution in [3.05, 3.63) is 24.0 Å². The molecule has 0 saturated carbocycles. The fourth-order valence-electron chi connectivity index (χ4n) is 1.75. The van der Waals surface area contributed by atoms with Crippen molar-refractivity contribution in [2.75, 3.05) is 0 Å². The molecule has 0 aliphatic rings. The van der Waals surface area contributed by atoms with Gasteiger partial charge in [0.25, 0.3) is 0 Å². The maximum absolute atomic E-state index is 9.82. The van der Waals surface area contributed by atoms with Crippen LogP contribution in [0.1, 0.15) is 25.8 Å². The van der Waals surface area contributed by atoms with Crippen molar-refractivity contribution in [2.24, 2.45) is 18.7 Å². The molecule has 0 fully saturated rings. The Morgan fingerprint density at radius 3 is 2.60 bits per heavy atom. The van der Waals surface area contributed by atoms with Crippen molar-refractivity contribution in [3.63, 3.8) is 0 Å². The summed E-state index contributed by atoms with van der Waals surface area (Å²) in [6, 6.07) is 1.89. The van der Waals surface area contributed by atoms with E-state index in [9.17, 15) is 5.11 Å². The van der Waals surface area contributed by atoms with Gasteiger partial charge in [-0.25, -0.2) is 0 Å². The molecule has 1 aromatic rings. The van der Waals surface area contributed by atoms with Gasteiger partial charge in [-0.15, -0.1) is 0 Å². The van der Waals surface area contributed by atoms with Gasteiger partial charge < -0.3 is 15.4 Å². The van der Waals surface area contributed by atoms with E-state index in [1.807, 2.05) is 30.1 Å². The Balaban J connectivity index is 2.44. The molecule has 86 valence electrons. The molecule has 1 aromatic heterocycles. The average Bonchev–Trinajstić information content (AvgIpc) is 2.50. The summed E-state index contributed by atoms with van der Waals surface area (Å²) in [6.07, 6.45) is 5.16. The van der Waals surface area contributed by atoms with Crippen molar-refractivity contribution in [2.45, 2.75) is 38.8 Å². The quantitative estimate of drug-likeness (QED) is 0.769. The fourth-order valence-corrected chi connectivity index (χ4v) is 1.75. The topological polar surface area (TPSA) is 51.2 Å². The van der Waals surface area contributed by atoms with Crippen molar-refractivity contribution < 1.29 is 5.11 Å². The minimum Gasteiger partial charge on any atom is -0.391 e. The van der Waals surface area contributed by atoms with Gasteiger partial charge in [0.2, 0.25) is 0 Å². The lowest BCUT2D eigenvalue weighted by Crippen LogP contribution is -2.37. The summed E-state index contributed by atoms with van der Waals surface area (Å²) in [4.78, 5) is 0. The number of hydrogen-bond donors (Lipinski definition) is 2. The molecule has 0 aromatic carbocycles. The van der Waals surface area contributed by atoms with E-state index in [2.05, 4.69) is 13.8 Å². The number of aromatic nitrogens is 1. The Morgan fingerprint density at radius 1 is 1.47 bits per heavy atom. The molecule has 0 amide bonds. The lowest BCUT2D eigenvalue weighted by molar-refractivity contribution is 0.120. The first kappa shape index (κ1) is 12.3. The van der Waals surface area contributed by atoms with Crippen LogP contribution in [0.15, 0.2) is 18.5 Å². The zero-order valence-corrected chi connectivity index (χ0v) is 9.85. The number of aliphatic hydroxyl groups is 1. The molecule has 0 aliphatic carbocycles. The van der Waals surface area contributed by atoms with Crippen LogP contribution >= 0.6 is 0 Å². The third kappa shape index (κ3) is 4.06. The second-order valence-corrected chi connectivity index (χ2v) is 4.75. The second kappa shape index (κ2) is 5.33. The van der Waals surface area contributed by atoms with E-state index in [-0.39, 0.29) is 6.04 Å². The van der Waals surface area contributed by atoms with Gasteiger partial charge in [-0.05, 0) is 30.4 Å². The molecule has 0 spiro atoms. The number of nitrogens with zero attached hydrogens (tertiary/aromatic N) is 1. The van der Waals surface area contributed by atoms with Gasteiger partial charge in [-0.2, -0.15) is 0 Å². The van der Waals surface area contributed by atoms with Gasteiger partial charge in [0.15, 0.2) is 0 Å². The van der Waals surface area contributed by atoms with Crippen LogP contribution in [-0.2, 0) is 13.5 Å². The maximum atomic E-state index is 9.82. The van der Waals surface area contributed by atoms with Gasteiger partial charge in [0.05, 0.1) is 6.10 Å². The molecule has 2 unspecified atom stereocenters. The fraction of sp³-hybridized carbons (Fsp3) is 0.667. The number of rotatable bonds is 5. The maximum Gasteiger partial charge on any atom is 0.0696 e. The zero-order valence-electron chi connectivity index (χ0n) is 9.85. The van der Waals surface area contributed by atoms with E-state index < -0.39 is 6.10 Å². The molecule has 15 heavy (non-hydrogen) atoms. The lowest BCUT2D eigenvalue weighted by atomic mass is 9.97. The third-order valence-corrected chi connectivity index (χ3v) is 2.57. The Hall–Kier alpha value is -0.800. The van der Waals surface area contributed by atoms with Crippen molar-refractivity contribution >= 4 is 0 Å². The summed E-state index contributed by atoms with van der Waals surface area (Å²) in [7, 11) is 1.99. The third-order valence-electron chi connectivity index (χ3n) is 2.57. The summed E-state index contributed by atoms with van der Waals surface area (Å²) < 4.78 is 2.00. The van der Waals surface area contributed by atoms with Crippen LogP contribution in [0.4, 0.5) is 0 Å². The minimum atomic E-state index is -0.398. The van der Waals surface area contributed by atoms with Crippen LogP contribution in [0.3, 0.4) is 0 Å². The van der Waals surface area contributed by atoms with E-state index in [1.165, 1.54) is 5.56 Å². The minimum absolute atomic E-state index is 0.158. The van der Waals surface area contributed by atoms with Crippen LogP contribution in [0.2, 0.25) is 0 Å². The largest absolute Gasteiger partial charge is 0.391 e.